The molecule has 2 N–H and O–H groups in total. The number of nitrogens with zero attached hydrogens (tertiary/aromatic N) is 4. The summed E-state index contributed by atoms with van der Waals surface area (Å²) >= 11 is 0. The summed E-state index contributed by atoms with van der Waals surface area (Å²) in [6.45, 7) is 5.02. The molecule has 6 nitrogen and oxygen atoms in total. The molecule has 2 aromatic heterocycles. The minimum Gasteiger partial charge on any atom is -0.355 e. The van der Waals surface area contributed by atoms with Gasteiger partial charge < -0.3 is 14.9 Å². The van der Waals surface area contributed by atoms with Crippen molar-refractivity contribution >= 4 is 17.0 Å². The van der Waals surface area contributed by atoms with Gasteiger partial charge in [0.1, 0.15) is 12.2 Å². The van der Waals surface area contributed by atoms with Gasteiger partial charge in [0.05, 0.1) is 11.0 Å². The van der Waals surface area contributed by atoms with E-state index in [1.54, 1.807) is 6.33 Å². The molecule has 3 rings (SSSR count). The van der Waals surface area contributed by atoms with E-state index in [9.17, 15) is 0 Å². The molecule has 0 saturated heterocycles. The van der Waals surface area contributed by atoms with Crippen molar-refractivity contribution in [2.45, 2.75) is 26.3 Å². The van der Waals surface area contributed by atoms with Crippen LogP contribution >= 0.6 is 0 Å². The number of fused-ring (bicyclic) bond motifs is 1. The van der Waals surface area contributed by atoms with Gasteiger partial charge >= 0.3 is 0 Å². The van der Waals surface area contributed by atoms with Crippen molar-refractivity contribution in [3.05, 3.63) is 36.4 Å². The van der Waals surface area contributed by atoms with Crippen LogP contribution in [0.5, 0.6) is 0 Å². The van der Waals surface area contributed by atoms with Crippen LogP contribution in [-0.2, 0) is 6.42 Å². The molecule has 0 radical (unpaired) electrons. The summed E-state index contributed by atoms with van der Waals surface area (Å²) in [5, 5.41) is 11.4. The second kappa shape index (κ2) is 5.32. The van der Waals surface area contributed by atoms with E-state index in [-0.39, 0.29) is 0 Å². The topological polar surface area (TPSA) is 71.4 Å². The number of hydrogen-bond donors (Lipinski definition) is 2. The molecule has 0 aliphatic heterocycles. The first kappa shape index (κ1) is 12.7. The summed E-state index contributed by atoms with van der Waals surface area (Å²) in [7, 11) is 0. The van der Waals surface area contributed by atoms with Gasteiger partial charge in [-0.05, 0) is 26.0 Å². The number of benzene rings is 1. The fourth-order valence-corrected chi connectivity index (χ4v) is 2.21. The van der Waals surface area contributed by atoms with Gasteiger partial charge in [-0.15, -0.1) is 10.2 Å². The Hall–Kier alpha value is -2.37. The average Bonchev–Trinajstić information content (AvgIpc) is 3.04. The fourth-order valence-electron chi connectivity index (χ4n) is 2.21. The number of aromatic amines is 1. The third kappa shape index (κ3) is 2.49. The molecule has 6 heteroatoms. The Bertz CT molecular complexity index is 663. The van der Waals surface area contributed by atoms with Crippen molar-refractivity contribution in [1.29, 1.82) is 0 Å². The number of H-pyrrole nitrogens is 1. The number of aromatic nitrogens is 5. The highest BCUT2D eigenvalue weighted by molar-refractivity contribution is 5.77. The van der Waals surface area contributed by atoms with Crippen molar-refractivity contribution in [2.24, 2.45) is 0 Å². The average molecular weight is 270 g/mol. The van der Waals surface area contributed by atoms with Crippen molar-refractivity contribution in [3.63, 3.8) is 0 Å². The van der Waals surface area contributed by atoms with Gasteiger partial charge in [0.25, 0.3) is 0 Å². The first-order valence-electron chi connectivity index (χ1n) is 6.81. The standard InChI is InChI=1S/C14H18N6/c1-10(2)20-9-16-19-13(20)7-8-15-14-17-11-5-3-4-6-12(11)18-14/h3-6,9-10H,7-8H2,1-2H3,(H2,15,17,18). The van der Waals surface area contributed by atoms with E-state index in [4.69, 9.17) is 0 Å². The quantitative estimate of drug-likeness (QED) is 0.746. The summed E-state index contributed by atoms with van der Waals surface area (Å²) in [4.78, 5) is 7.73. The molecular weight excluding hydrogens is 252 g/mol. The molecule has 0 saturated carbocycles. The lowest BCUT2D eigenvalue weighted by atomic mass is 10.3. The van der Waals surface area contributed by atoms with Crippen LogP contribution in [0.15, 0.2) is 30.6 Å². The summed E-state index contributed by atoms with van der Waals surface area (Å²) in [6, 6.07) is 8.37. The number of rotatable bonds is 5. The second-order valence-corrected chi connectivity index (χ2v) is 5.03. The summed E-state index contributed by atoms with van der Waals surface area (Å²) in [6.07, 6.45) is 2.59. The van der Waals surface area contributed by atoms with Crippen LogP contribution in [0.1, 0.15) is 25.7 Å². The van der Waals surface area contributed by atoms with Crippen molar-refractivity contribution < 1.29 is 0 Å². The predicted octanol–water partition coefficient (Wildman–Crippen LogP) is 2.39. The molecule has 0 amide bonds. The smallest absolute Gasteiger partial charge is 0.201 e. The highest BCUT2D eigenvalue weighted by Gasteiger charge is 2.07. The first-order chi connectivity index (χ1) is 9.74. The minimum absolute atomic E-state index is 0.381. The SMILES string of the molecule is CC(C)n1cnnc1CCNc1nc2ccccc2[nH]1. The molecule has 0 bridgehead atoms. The lowest BCUT2D eigenvalue weighted by molar-refractivity contribution is 0.568. The zero-order valence-corrected chi connectivity index (χ0v) is 11.7. The normalized spacial score (nSPS) is 11.3. The van der Waals surface area contributed by atoms with Crippen molar-refractivity contribution in [3.8, 4) is 0 Å². The van der Waals surface area contributed by atoms with Gasteiger partial charge in [-0.3, -0.25) is 0 Å². The van der Waals surface area contributed by atoms with Crippen LogP contribution in [0.4, 0.5) is 5.95 Å². The molecule has 1 aromatic carbocycles. The molecule has 104 valence electrons. The van der Waals surface area contributed by atoms with Crippen LogP contribution in [0.2, 0.25) is 0 Å². The fraction of sp³-hybridized carbons (Fsp3) is 0.357. The maximum atomic E-state index is 4.48. The third-order valence-electron chi connectivity index (χ3n) is 3.23. The van der Waals surface area contributed by atoms with E-state index in [1.807, 2.05) is 24.3 Å². The molecule has 3 aromatic rings. The number of nitrogens with one attached hydrogen (secondary N) is 2. The maximum Gasteiger partial charge on any atom is 0.201 e. The van der Waals surface area contributed by atoms with Gasteiger partial charge in [0.15, 0.2) is 0 Å². The molecule has 2 heterocycles. The van der Waals surface area contributed by atoms with Crippen LogP contribution in [-0.4, -0.2) is 31.3 Å². The van der Waals surface area contributed by atoms with Crippen LogP contribution < -0.4 is 5.32 Å². The van der Waals surface area contributed by atoms with Crippen molar-refractivity contribution in [1.82, 2.24) is 24.7 Å². The van der Waals surface area contributed by atoms with Gasteiger partial charge in [0.2, 0.25) is 5.95 Å². The minimum atomic E-state index is 0.381. The lowest BCUT2D eigenvalue weighted by Crippen LogP contribution is -2.12. The highest BCUT2D eigenvalue weighted by atomic mass is 15.3. The number of para-hydroxylation sites is 2. The Kier molecular flexibility index (Phi) is 3.37. The number of anilines is 1. The zero-order valence-electron chi connectivity index (χ0n) is 11.7. The largest absolute Gasteiger partial charge is 0.355 e. The van der Waals surface area contributed by atoms with Gasteiger partial charge in [-0.1, -0.05) is 12.1 Å². The van der Waals surface area contributed by atoms with Crippen LogP contribution in [0.25, 0.3) is 11.0 Å². The zero-order chi connectivity index (χ0) is 13.9. The Balaban J connectivity index is 1.63. The van der Waals surface area contributed by atoms with E-state index in [2.05, 4.69) is 43.9 Å². The molecule has 0 aliphatic carbocycles. The van der Waals surface area contributed by atoms with E-state index >= 15 is 0 Å². The number of hydrogen-bond acceptors (Lipinski definition) is 4. The van der Waals surface area contributed by atoms with Crippen LogP contribution in [0, 0.1) is 0 Å². The molecule has 0 aliphatic rings. The molecule has 20 heavy (non-hydrogen) atoms. The molecule has 0 fully saturated rings. The van der Waals surface area contributed by atoms with E-state index in [0.29, 0.717) is 6.04 Å². The molecular formula is C14H18N6. The summed E-state index contributed by atoms with van der Waals surface area (Å²) < 4.78 is 2.08. The van der Waals surface area contributed by atoms with Gasteiger partial charge in [-0.25, -0.2) is 4.98 Å². The maximum absolute atomic E-state index is 4.48. The Labute approximate surface area is 117 Å². The van der Waals surface area contributed by atoms with E-state index in [1.165, 1.54) is 0 Å². The van der Waals surface area contributed by atoms with Crippen molar-refractivity contribution in [2.75, 3.05) is 11.9 Å². The highest BCUT2D eigenvalue weighted by Crippen LogP contribution is 2.13. The predicted molar refractivity (Wildman–Crippen MR) is 78.7 cm³/mol. The lowest BCUT2D eigenvalue weighted by Gasteiger charge is -2.09. The van der Waals surface area contributed by atoms with E-state index in [0.717, 1.165) is 35.8 Å². The van der Waals surface area contributed by atoms with Gasteiger partial charge in [0, 0.05) is 19.0 Å². The van der Waals surface area contributed by atoms with Crippen LogP contribution in [0.3, 0.4) is 0 Å². The number of imidazole rings is 1. The Morgan fingerprint density at radius 3 is 2.95 bits per heavy atom. The van der Waals surface area contributed by atoms with E-state index < -0.39 is 0 Å². The molecule has 0 unspecified atom stereocenters. The second-order valence-electron chi connectivity index (χ2n) is 5.03. The van der Waals surface area contributed by atoms with Gasteiger partial charge in [-0.2, -0.15) is 0 Å². The first-order valence-corrected chi connectivity index (χ1v) is 6.81. The Morgan fingerprint density at radius 2 is 2.15 bits per heavy atom. The summed E-state index contributed by atoms with van der Waals surface area (Å²) in [5.41, 5.74) is 2.01. The summed E-state index contributed by atoms with van der Waals surface area (Å²) in [5.74, 6) is 1.78. The third-order valence-corrected chi connectivity index (χ3v) is 3.23. The molecule has 0 spiro atoms. The molecule has 0 atom stereocenters. The Morgan fingerprint density at radius 1 is 1.30 bits per heavy atom. The monoisotopic (exact) mass is 270 g/mol.